The van der Waals surface area contributed by atoms with E-state index in [-0.39, 0.29) is 11.5 Å². The molecule has 2 N–H and O–H groups in total. The van der Waals surface area contributed by atoms with Crippen LogP contribution in [0.1, 0.15) is 27.2 Å². The molecule has 0 radical (unpaired) electrons. The molecule has 0 spiro atoms. The van der Waals surface area contributed by atoms with Crippen molar-refractivity contribution in [1.29, 1.82) is 0 Å². The minimum Gasteiger partial charge on any atom is -0.295 e. The maximum absolute atomic E-state index is 12.7. The first-order chi connectivity index (χ1) is 12.9. The highest BCUT2D eigenvalue weighted by molar-refractivity contribution is 14.1. The van der Waals surface area contributed by atoms with Crippen molar-refractivity contribution in [2.24, 2.45) is 5.10 Å². The molecule has 0 aliphatic rings. The van der Waals surface area contributed by atoms with Gasteiger partial charge in [0.1, 0.15) is 0 Å². The average Bonchev–Trinajstić information content (AvgIpc) is 2.89. The van der Waals surface area contributed by atoms with Crippen molar-refractivity contribution in [3.05, 3.63) is 83.2 Å². The molecule has 0 bridgehead atoms. The molecule has 1 amide bonds. The van der Waals surface area contributed by atoms with Gasteiger partial charge >= 0.3 is 0 Å². The van der Waals surface area contributed by atoms with E-state index in [0.29, 0.717) is 16.8 Å². The summed E-state index contributed by atoms with van der Waals surface area (Å²) in [6.07, 6.45) is 1.37. The number of nitrogens with zero attached hydrogens (tertiary/aromatic N) is 2. The fraction of sp³-hybridized carbons (Fsp3) is 0.105. The predicted molar refractivity (Wildman–Crippen MR) is 118 cm³/mol. The molecule has 1 heterocycles. The van der Waals surface area contributed by atoms with E-state index < -0.39 is 0 Å². The van der Waals surface area contributed by atoms with Gasteiger partial charge in [-0.25, -0.2) is 10.1 Å². The Bertz CT molecular complexity index is 1100. The molecule has 8 heteroatoms. The van der Waals surface area contributed by atoms with Crippen LogP contribution in [0.2, 0.25) is 0 Å². The van der Waals surface area contributed by atoms with Gasteiger partial charge in [-0.2, -0.15) is 5.10 Å². The molecule has 138 valence electrons. The van der Waals surface area contributed by atoms with Crippen LogP contribution in [0.5, 0.6) is 0 Å². The fourth-order valence-corrected chi connectivity index (χ4v) is 3.62. The highest BCUT2D eigenvalue weighted by Crippen LogP contribution is 2.18. The Kier molecular flexibility index (Phi) is 5.95. The molecule has 3 rings (SSSR count). The number of hydrogen-bond acceptors (Lipinski definition) is 3. The van der Waals surface area contributed by atoms with Crippen molar-refractivity contribution in [3.63, 3.8) is 0 Å². The zero-order chi connectivity index (χ0) is 19.6. The second-order valence-electron chi connectivity index (χ2n) is 5.93. The van der Waals surface area contributed by atoms with Crippen molar-refractivity contribution in [2.75, 3.05) is 0 Å². The van der Waals surface area contributed by atoms with E-state index in [1.807, 2.05) is 31.2 Å². The number of carbonyl (C=O) groups is 1. The summed E-state index contributed by atoms with van der Waals surface area (Å²) in [5.41, 5.74) is 5.49. The first-order valence-electron chi connectivity index (χ1n) is 8.04. The number of aryl methyl sites for hydroxylation is 2. The summed E-state index contributed by atoms with van der Waals surface area (Å²) in [5.74, 6) is -0.331. The summed E-state index contributed by atoms with van der Waals surface area (Å²) in [6, 6.07) is 12.8. The molecule has 0 aliphatic heterocycles. The number of aromatic amines is 1. The standard InChI is InChI=1S/C19H16BrIN4O2/c1-11-8-14(20)6-7-17(11)25-19(27)16(12(2)24-25)10-22-23-18(26)13-4-3-5-15(21)9-13/h3-10,24H,1-2H3,(H,23,26). The van der Waals surface area contributed by atoms with Crippen LogP contribution >= 0.6 is 38.5 Å². The van der Waals surface area contributed by atoms with Gasteiger partial charge in [0.25, 0.3) is 11.5 Å². The number of hydrazone groups is 1. The largest absolute Gasteiger partial charge is 0.295 e. The van der Waals surface area contributed by atoms with Crippen molar-refractivity contribution >= 4 is 50.6 Å². The second kappa shape index (κ2) is 8.22. The van der Waals surface area contributed by atoms with Gasteiger partial charge < -0.3 is 0 Å². The molecule has 0 atom stereocenters. The summed E-state index contributed by atoms with van der Waals surface area (Å²) in [5, 5.41) is 7.00. The van der Waals surface area contributed by atoms with Crippen molar-refractivity contribution < 1.29 is 4.79 Å². The smallest absolute Gasteiger partial charge is 0.280 e. The first kappa shape index (κ1) is 19.6. The van der Waals surface area contributed by atoms with Crippen LogP contribution < -0.4 is 11.0 Å². The minimum absolute atomic E-state index is 0.231. The Labute approximate surface area is 177 Å². The Hall–Kier alpha value is -2.20. The normalized spacial score (nSPS) is 11.1. The van der Waals surface area contributed by atoms with E-state index in [1.165, 1.54) is 10.9 Å². The highest BCUT2D eigenvalue weighted by atomic mass is 127. The second-order valence-corrected chi connectivity index (χ2v) is 8.09. The van der Waals surface area contributed by atoms with E-state index in [2.05, 4.69) is 54.1 Å². The van der Waals surface area contributed by atoms with Crippen LogP contribution in [0.3, 0.4) is 0 Å². The van der Waals surface area contributed by atoms with Gasteiger partial charge in [-0.3, -0.25) is 14.7 Å². The third kappa shape index (κ3) is 4.38. The zero-order valence-corrected chi connectivity index (χ0v) is 18.3. The average molecular weight is 539 g/mol. The SMILES string of the molecule is Cc1cc(Br)ccc1-n1[nH]c(C)c(C=NNC(=O)c2cccc(I)c2)c1=O. The number of amides is 1. The van der Waals surface area contributed by atoms with Gasteiger partial charge in [-0.15, -0.1) is 0 Å². The lowest BCUT2D eigenvalue weighted by Crippen LogP contribution is -2.20. The topological polar surface area (TPSA) is 79.2 Å². The molecular weight excluding hydrogens is 523 g/mol. The van der Waals surface area contributed by atoms with Gasteiger partial charge in [0.2, 0.25) is 0 Å². The van der Waals surface area contributed by atoms with Gasteiger partial charge in [0, 0.05) is 19.3 Å². The van der Waals surface area contributed by atoms with Crippen LogP contribution in [0, 0.1) is 17.4 Å². The molecule has 6 nitrogen and oxygen atoms in total. The van der Waals surface area contributed by atoms with Gasteiger partial charge in [-0.05, 0) is 78.4 Å². The Morgan fingerprint density at radius 1 is 1.26 bits per heavy atom. The van der Waals surface area contributed by atoms with Crippen LogP contribution in [0.15, 0.2) is 56.8 Å². The van der Waals surface area contributed by atoms with Gasteiger partial charge in [0.05, 0.1) is 17.5 Å². The summed E-state index contributed by atoms with van der Waals surface area (Å²) < 4.78 is 3.37. The highest BCUT2D eigenvalue weighted by Gasteiger charge is 2.13. The molecule has 3 aromatic rings. The Morgan fingerprint density at radius 3 is 2.74 bits per heavy atom. The lowest BCUT2D eigenvalue weighted by atomic mass is 10.2. The van der Waals surface area contributed by atoms with E-state index in [4.69, 9.17) is 0 Å². The zero-order valence-electron chi connectivity index (χ0n) is 14.6. The quantitative estimate of drug-likeness (QED) is 0.300. The molecule has 0 unspecified atom stereocenters. The Balaban J connectivity index is 1.84. The minimum atomic E-state index is -0.331. The molecule has 2 aromatic carbocycles. The maximum atomic E-state index is 12.7. The van der Waals surface area contributed by atoms with Crippen LogP contribution in [0.25, 0.3) is 5.69 Å². The number of halogens is 2. The van der Waals surface area contributed by atoms with Crippen LogP contribution in [-0.2, 0) is 0 Å². The van der Waals surface area contributed by atoms with E-state index in [0.717, 1.165) is 19.3 Å². The lowest BCUT2D eigenvalue weighted by Gasteiger charge is -2.06. The summed E-state index contributed by atoms with van der Waals surface area (Å²) in [7, 11) is 0. The Morgan fingerprint density at radius 2 is 2.04 bits per heavy atom. The molecular formula is C19H16BrIN4O2. The number of aromatic nitrogens is 2. The monoisotopic (exact) mass is 538 g/mol. The lowest BCUT2D eigenvalue weighted by molar-refractivity contribution is 0.0955. The molecule has 0 saturated heterocycles. The van der Waals surface area contributed by atoms with E-state index >= 15 is 0 Å². The number of H-pyrrole nitrogens is 1. The third-order valence-corrected chi connectivity index (χ3v) is 5.13. The number of rotatable bonds is 4. The first-order valence-corrected chi connectivity index (χ1v) is 9.91. The molecule has 0 saturated carbocycles. The van der Waals surface area contributed by atoms with Gasteiger partial charge in [0.15, 0.2) is 0 Å². The van der Waals surface area contributed by atoms with Crippen molar-refractivity contribution in [1.82, 2.24) is 15.2 Å². The third-order valence-electron chi connectivity index (χ3n) is 3.96. The molecule has 27 heavy (non-hydrogen) atoms. The summed E-state index contributed by atoms with van der Waals surface area (Å²) in [6.45, 7) is 3.72. The van der Waals surface area contributed by atoms with Gasteiger partial charge in [-0.1, -0.05) is 22.0 Å². The maximum Gasteiger partial charge on any atom is 0.280 e. The number of benzene rings is 2. The number of nitrogens with one attached hydrogen (secondary N) is 2. The predicted octanol–water partition coefficient (Wildman–Crippen LogP) is 3.91. The number of hydrogen-bond donors (Lipinski definition) is 2. The van der Waals surface area contributed by atoms with E-state index in [9.17, 15) is 9.59 Å². The fourth-order valence-electron chi connectivity index (χ4n) is 2.60. The van der Waals surface area contributed by atoms with Crippen molar-refractivity contribution in [3.8, 4) is 5.69 Å². The van der Waals surface area contributed by atoms with E-state index in [1.54, 1.807) is 25.1 Å². The molecule has 0 fully saturated rings. The number of carbonyl (C=O) groups excluding carboxylic acids is 1. The van der Waals surface area contributed by atoms with Crippen molar-refractivity contribution in [2.45, 2.75) is 13.8 Å². The van der Waals surface area contributed by atoms with Crippen LogP contribution in [0.4, 0.5) is 0 Å². The molecule has 1 aromatic heterocycles. The summed E-state index contributed by atoms with van der Waals surface area (Å²) in [4.78, 5) is 24.9. The van der Waals surface area contributed by atoms with Crippen LogP contribution in [-0.4, -0.2) is 21.9 Å². The molecule has 0 aliphatic carbocycles. The summed E-state index contributed by atoms with van der Waals surface area (Å²) >= 11 is 5.56.